The van der Waals surface area contributed by atoms with Crippen LogP contribution in [0.2, 0.25) is 0 Å². The number of pyridine rings is 1. The molecule has 0 aliphatic carbocycles. The summed E-state index contributed by atoms with van der Waals surface area (Å²) in [6.07, 6.45) is 0. The summed E-state index contributed by atoms with van der Waals surface area (Å²) in [5.74, 6) is -0.997. The topological polar surface area (TPSA) is 99.6 Å². The predicted molar refractivity (Wildman–Crippen MR) is 127 cm³/mol. The van der Waals surface area contributed by atoms with Gasteiger partial charge in [-0.25, -0.2) is 4.79 Å². The van der Waals surface area contributed by atoms with Crippen LogP contribution in [-0.2, 0) is 14.9 Å². The van der Waals surface area contributed by atoms with Crippen molar-refractivity contribution >= 4 is 32.8 Å². The molecule has 0 spiro atoms. The molecule has 4 aromatic rings. The molecule has 0 unspecified atom stereocenters. The smallest absolute Gasteiger partial charge is 0.339 e. The second-order valence-electron chi connectivity index (χ2n) is 7.70. The first-order valence-corrected chi connectivity index (χ1v) is 11.8. The number of Topliss-reactive ketones (excluding diaryl/α,β-unsaturated/α-hetero) is 1. The Kier molecular flexibility index (Phi) is 6.43. The molecule has 0 saturated carbocycles. The van der Waals surface area contributed by atoms with E-state index in [-0.39, 0.29) is 16.2 Å². The first-order chi connectivity index (χ1) is 16.2. The van der Waals surface area contributed by atoms with Crippen LogP contribution in [0.15, 0.2) is 83.8 Å². The van der Waals surface area contributed by atoms with Crippen molar-refractivity contribution in [1.29, 1.82) is 0 Å². The van der Waals surface area contributed by atoms with Gasteiger partial charge in [0.05, 0.1) is 11.1 Å². The molecule has 1 heterocycles. The minimum absolute atomic E-state index is 0.0315. The minimum Gasteiger partial charge on any atom is -0.454 e. The van der Waals surface area contributed by atoms with E-state index in [1.807, 2.05) is 13.0 Å². The van der Waals surface area contributed by atoms with Crippen LogP contribution in [0.25, 0.3) is 10.9 Å². The van der Waals surface area contributed by atoms with Gasteiger partial charge in [0.15, 0.2) is 12.4 Å². The number of nitrogens with zero attached hydrogens (tertiary/aromatic N) is 1. The Morgan fingerprint density at radius 3 is 2.26 bits per heavy atom. The van der Waals surface area contributed by atoms with Crippen LogP contribution < -0.4 is 4.18 Å². The van der Waals surface area contributed by atoms with E-state index in [4.69, 9.17) is 8.92 Å². The van der Waals surface area contributed by atoms with Crippen molar-refractivity contribution in [1.82, 2.24) is 4.98 Å². The molecule has 7 nitrogen and oxygen atoms in total. The highest BCUT2D eigenvalue weighted by molar-refractivity contribution is 7.87. The van der Waals surface area contributed by atoms with Gasteiger partial charge in [0.2, 0.25) is 0 Å². The molecule has 8 heteroatoms. The first kappa shape index (κ1) is 23.1. The summed E-state index contributed by atoms with van der Waals surface area (Å²) >= 11 is 0. The zero-order valence-electron chi connectivity index (χ0n) is 18.5. The number of hydrogen-bond donors (Lipinski definition) is 0. The van der Waals surface area contributed by atoms with Gasteiger partial charge in [0.25, 0.3) is 0 Å². The first-order valence-electron chi connectivity index (χ1n) is 10.4. The van der Waals surface area contributed by atoms with Crippen LogP contribution >= 0.6 is 0 Å². The van der Waals surface area contributed by atoms with E-state index in [9.17, 15) is 18.0 Å². The van der Waals surface area contributed by atoms with E-state index in [0.29, 0.717) is 22.2 Å². The second-order valence-corrected chi connectivity index (χ2v) is 9.25. The van der Waals surface area contributed by atoms with Crippen molar-refractivity contribution in [2.24, 2.45) is 0 Å². The number of aromatic nitrogens is 1. The number of carbonyl (C=O) groups is 2. The van der Waals surface area contributed by atoms with Gasteiger partial charge in [-0.2, -0.15) is 8.42 Å². The Balaban J connectivity index is 1.42. The number of ketones is 1. The number of aryl methyl sites for hydroxylation is 2. The third-order valence-corrected chi connectivity index (χ3v) is 6.35. The Morgan fingerprint density at radius 1 is 0.882 bits per heavy atom. The van der Waals surface area contributed by atoms with Gasteiger partial charge in [0.1, 0.15) is 10.6 Å². The SMILES string of the molecule is Cc1ccc(S(=O)(=O)Oc2ccc(C(=O)COC(=O)c3cc(C)nc4ccccc34)cc2)cc1. The molecule has 0 N–H and O–H groups in total. The average Bonchev–Trinajstić information content (AvgIpc) is 2.82. The number of rotatable bonds is 7. The van der Waals surface area contributed by atoms with Crippen molar-refractivity contribution in [2.45, 2.75) is 18.7 Å². The normalized spacial score (nSPS) is 11.2. The van der Waals surface area contributed by atoms with E-state index < -0.39 is 28.5 Å². The molecule has 1 aromatic heterocycles. The molecule has 0 saturated heterocycles. The summed E-state index contributed by atoms with van der Waals surface area (Å²) in [5.41, 5.74) is 2.84. The maximum absolute atomic E-state index is 12.6. The zero-order chi connectivity index (χ0) is 24.3. The average molecular weight is 476 g/mol. The molecule has 0 amide bonds. The summed E-state index contributed by atoms with van der Waals surface area (Å²) in [4.78, 5) is 29.6. The molecule has 0 aliphatic rings. The Morgan fingerprint density at radius 2 is 1.56 bits per heavy atom. The van der Waals surface area contributed by atoms with E-state index in [1.165, 1.54) is 36.4 Å². The number of para-hydroxylation sites is 1. The fourth-order valence-corrected chi connectivity index (χ4v) is 4.28. The van der Waals surface area contributed by atoms with Crippen molar-refractivity contribution in [3.63, 3.8) is 0 Å². The quantitative estimate of drug-likeness (QED) is 0.218. The minimum atomic E-state index is -4.00. The van der Waals surface area contributed by atoms with Gasteiger partial charge < -0.3 is 8.92 Å². The lowest BCUT2D eigenvalue weighted by Gasteiger charge is -2.09. The monoisotopic (exact) mass is 475 g/mol. The fourth-order valence-electron chi connectivity index (χ4n) is 3.34. The predicted octanol–water partition coefficient (Wildman–Crippen LogP) is 4.66. The van der Waals surface area contributed by atoms with Crippen LogP contribution in [0.1, 0.15) is 32.0 Å². The largest absolute Gasteiger partial charge is 0.454 e. The third kappa shape index (κ3) is 5.13. The standard InChI is InChI=1S/C26H21NO6S/c1-17-7-13-21(14-8-17)34(30,31)33-20-11-9-19(10-12-20)25(28)16-32-26(29)23-15-18(2)27-24-6-4-3-5-22(23)24/h3-15H,16H2,1-2H3. The van der Waals surface area contributed by atoms with Crippen LogP contribution in [0.3, 0.4) is 0 Å². The maximum atomic E-state index is 12.6. The number of fused-ring (bicyclic) bond motifs is 1. The molecule has 4 rings (SSSR count). The third-order valence-electron chi connectivity index (χ3n) is 5.09. The van der Waals surface area contributed by atoms with Crippen LogP contribution in [-0.4, -0.2) is 31.8 Å². The molecule has 0 bridgehead atoms. The summed E-state index contributed by atoms with van der Waals surface area (Å²) < 4.78 is 35.2. The van der Waals surface area contributed by atoms with Gasteiger partial charge in [0, 0.05) is 16.6 Å². The van der Waals surface area contributed by atoms with Crippen LogP contribution in [0, 0.1) is 13.8 Å². The van der Waals surface area contributed by atoms with Gasteiger partial charge >= 0.3 is 16.1 Å². The molecular weight excluding hydrogens is 454 g/mol. The Labute approximate surface area is 197 Å². The van der Waals surface area contributed by atoms with Gasteiger partial charge in [-0.1, -0.05) is 35.9 Å². The van der Waals surface area contributed by atoms with Crippen LogP contribution in [0.4, 0.5) is 0 Å². The molecule has 3 aromatic carbocycles. The lowest BCUT2D eigenvalue weighted by molar-refractivity contribution is 0.0476. The molecule has 0 atom stereocenters. The van der Waals surface area contributed by atoms with Crippen LogP contribution in [0.5, 0.6) is 5.75 Å². The van der Waals surface area contributed by atoms with Crippen molar-refractivity contribution in [3.05, 3.63) is 101 Å². The summed E-state index contributed by atoms with van der Waals surface area (Å²) in [7, 11) is -4.00. The highest BCUT2D eigenvalue weighted by Crippen LogP contribution is 2.21. The summed E-state index contributed by atoms with van der Waals surface area (Å²) in [6, 6.07) is 20.7. The van der Waals surface area contributed by atoms with Crippen molar-refractivity contribution < 1.29 is 26.9 Å². The highest BCUT2D eigenvalue weighted by Gasteiger charge is 2.18. The lowest BCUT2D eigenvalue weighted by Crippen LogP contribution is -2.15. The number of ether oxygens (including phenoxy) is 1. The van der Waals surface area contributed by atoms with Crippen molar-refractivity contribution in [3.8, 4) is 5.75 Å². The molecule has 34 heavy (non-hydrogen) atoms. The van der Waals surface area contributed by atoms with Gasteiger partial charge in [-0.15, -0.1) is 0 Å². The van der Waals surface area contributed by atoms with Gasteiger partial charge in [-0.05, 0) is 62.4 Å². The lowest BCUT2D eigenvalue weighted by atomic mass is 10.1. The maximum Gasteiger partial charge on any atom is 0.339 e. The van der Waals surface area contributed by atoms with E-state index in [0.717, 1.165) is 5.56 Å². The van der Waals surface area contributed by atoms with Gasteiger partial charge in [-0.3, -0.25) is 9.78 Å². The Bertz CT molecular complexity index is 1480. The summed E-state index contributed by atoms with van der Waals surface area (Å²) in [6.45, 7) is 3.16. The molecule has 172 valence electrons. The number of esters is 1. The molecule has 0 aliphatic heterocycles. The fraction of sp³-hybridized carbons (Fsp3) is 0.115. The molecule has 0 fully saturated rings. The van der Waals surface area contributed by atoms with Crippen molar-refractivity contribution in [2.75, 3.05) is 6.61 Å². The highest BCUT2D eigenvalue weighted by atomic mass is 32.2. The second kappa shape index (κ2) is 9.44. The molecular formula is C26H21NO6S. The van der Waals surface area contributed by atoms with E-state index >= 15 is 0 Å². The van der Waals surface area contributed by atoms with E-state index in [2.05, 4.69) is 4.98 Å². The number of hydrogen-bond acceptors (Lipinski definition) is 7. The zero-order valence-corrected chi connectivity index (χ0v) is 19.3. The summed E-state index contributed by atoms with van der Waals surface area (Å²) in [5, 5.41) is 0.641. The molecule has 0 radical (unpaired) electrons. The number of benzene rings is 3. The number of carbonyl (C=O) groups excluding carboxylic acids is 2. The Hall–Kier alpha value is -4.04. The van der Waals surface area contributed by atoms with E-state index in [1.54, 1.807) is 43.3 Å².